The van der Waals surface area contributed by atoms with Gasteiger partial charge in [0, 0.05) is 19.5 Å². The number of nitrogens with one attached hydrogen (secondary N) is 1. The van der Waals surface area contributed by atoms with Crippen molar-refractivity contribution in [3.63, 3.8) is 0 Å². The van der Waals surface area contributed by atoms with Crippen LogP contribution in [0, 0.1) is 0 Å². The summed E-state index contributed by atoms with van der Waals surface area (Å²) in [5, 5.41) is 13.4. The smallest absolute Gasteiger partial charge is 0.362 e. The van der Waals surface area contributed by atoms with Gasteiger partial charge in [0.2, 0.25) is 5.91 Å². The van der Waals surface area contributed by atoms with Gasteiger partial charge in [-0.3, -0.25) is 4.79 Å². The highest BCUT2D eigenvalue weighted by molar-refractivity contribution is 5.75. The van der Waals surface area contributed by atoms with Gasteiger partial charge in [-0.1, -0.05) is 51.2 Å². The lowest BCUT2D eigenvalue weighted by molar-refractivity contribution is -0.862. The van der Waals surface area contributed by atoms with Gasteiger partial charge in [-0.2, -0.15) is 0 Å². The number of ether oxygens (including phenoxy) is 1. The van der Waals surface area contributed by atoms with Gasteiger partial charge < -0.3 is 25.4 Å². The summed E-state index contributed by atoms with van der Waals surface area (Å²) < 4.78 is 6.15. The average molecular weight is 457 g/mol. The molecule has 0 spiro atoms. The third-order valence-corrected chi connectivity index (χ3v) is 5.19. The van der Waals surface area contributed by atoms with E-state index in [4.69, 9.17) is 10.5 Å². The van der Waals surface area contributed by atoms with Crippen LogP contribution in [0.5, 0.6) is 0 Å². The molecule has 0 bridgehead atoms. The van der Waals surface area contributed by atoms with Gasteiger partial charge in [0.1, 0.15) is 6.10 Å². The average Bonchev–Trinajstić information content (AvgIpc) is 2.71. The number of rotatable bonds is 20. The maximum Gasteiger partial charge on any atom is 0.362 e. The van der Waals surface area contributed by atoms with E-state index in [2.05, 4.69) is 18.3 Å². The number of allylic oxidation sites excluding steroid dienone is 1. The van der Waals surface area contributed by atoms with Gasteiger partial charge in [0.15, 0.2) is 6.54 Å². The molecule has 4 N–H and O–H groups in total. The minimum Gasteiger partial charge on any atom is -0.455 e. The van der Waals surface area contributed by atoms with E-state index in [0.717, 1.165) is 57.8 Å². The largest absolute Gasteiger partial charge is 0.455 e. The number of likely N-dealkylation sites (N-methyl/N-ethyl adjacent to an activating group) is 1. The molecule has 0 rings (SSSR count). The molecular weight excluding hydrogens is 406 g/mol. The number of carbonyl (C=O) groups is 2. The van der Waals surface area contributed by atoms with Crippen molar-refractivity contribution < 1.29 is 23.9 Å². The van der Waals surface area contributed by atoms with Crippen molar-refractivity contribution in [1.82, 2.24) is 5.32 Å². The Morgan fingerprint density at radius 2 is 1.72 bits per heavy atom. The Kier molecular flexibility index (Phi) is 18.2. The van der Waals surface area contributed by atoms with E-state index in [0.29, 0.717) is 43.4 Å². The zero-order valence-corrected chi connectivity index (χ0v) is 21.1. The van der Waals surface area contributed by atoms with Crippen LogP contribution in [0.1, 0.15) is 84.0 Å². The number of amides is 1. The Bertz CT molecular complexity index is 518. The highest BCUT2D eigenvalue weighted by Gasteiger charge is 2.25. The molecule has 0 aliphatic carbocycles. The molecule has 0 aromatic heterocycles. The van der Waals surface area contributed by atoms with E-state index in [-0.39, 0.29) is 11.9 Å². The lowest BCUT2D eigenvalue weighted by Crippen LogP contribution is -2.42. The van der Waals surface area contributed by atoms with Crippen molar-refractivity contribution in [1.29, 1.82) is 0 Å². The van der Waals surface area contributed by atoms with E-state index in [9.17, 15) is 14.7 Å². The predicted octanol–water partition coefficient (Wildman–Crippen LogP) is 3.30. The van der Waals surface area contributed by atoms with Gasteiger partial charge in [-0.15, -0.1) is 0 Å². The Balaban J connectivity index is 4.09. The normalized spacial score (nSPS) is 13.8. The minimum atomic E-state index is -0.662. The van der Waals surface area contributed by atoms with E-state index in [1.165, 1.54) is 0 Å². The monoisotopic (exact) mass is 456 g/mol. The number of nitrogens with zero attached hydrogens (tertiary/aromatic N) is 1. The molecule has 0 aromatic carbocycles. The SMILES string of the molecule is CCCCCC(OC(=O)C[N+](C)(C)C)C(O)C/C=C/CCCCCCCC(=O)NCCN. The first-order valence-electron chi connectivity index (χ1n) is 12.5. The molecular formula is C25H50N3O4+. The number of hydrogen-bond donors (Lipinski definition) is 3. The van der Waals surface area contributed by atoms with Gasteiger partial charge in [-0.25, -0.2) is 4.79 Å². The van der Waals surface area contributed by atoms with Crippen LogP contribution in [0.2, 0.25) is 0 Å². The molecule has 2 unspecified atom stereocenters. The molecule has 0 saturated carbocycles. The Labute approximate surface area is 196 Å². The molecule has 0 fully saturated rings. The van der Waals surface area contributed by atoms with Crippen LogP contribution in [0.15, 0.2) is 12.2 Å². The van der Waals surface area contributed by atoms with Crippen molar-refractivity contribution in [2.24, 2.45) is 5.73 Å². The van der Waals surface area contributed by atoms with Crippen molar-refractivity contribution in [3.05, 3.63) is 12.2 Å². The summed E-state index contributed by atoms with van der Waals surface area (Å²) in [7, 11) is 5.85. The number of aliphatic hydroxyl groups is 1. The van der Waals surface area contributed by atoms with E-state index in [1.54, 1.807) is 0 Å². The summed E-state index contributed by atoms with van der Waals surface area (Å²) in [6.45, 7) is 3.47. The Hall–Kier alpha value is -1.44. The van der Waals surface area contributed by atoms with Crippen LogP contribution in [0.3, 0.4) is 0 Å². The van der Waals surface area contributed by atoms with Crippen LogP contribution in [0.4, 0.5) is 0 Å². The number of aliphatic hydroxyl groups excluding tert-OH is 1. The van der Waals surface area contributed by atoms with E-state index >= 15 is 0 Å². The molecule has 0 radical (unpaired) electrons. The lowest BCUT2D eigenvalue weighted by Gasteiger charge is -2.26. The van der Waals surface area contributed by atoms with Crippen LogP contribution in [-0.2, 0) is 14.3 Å². The standard InChI is InChI=1S/C25H49N3O4/c1-5-6-13-17-23(32-25(31)21-28(2,3)4)22(29)16-14-11-9-7-8-10-12-15-18-24(30)27-20-19-26/h11,14,22-23,29H,5-10,12-13,15-21,26H2,1-4H3/p+1/b14-11+. The van der Waals surface area contributed by atoms with Crippen molar-refractivity contribution in [2.45, 2.75) is 96.2 Å². The number of hydrogen-bond acceptors (Lipinski definition) is 5. The second-order valence-electron chi connectivity index (χ2n) is 9.69. The first kappa shape index (κ1) is 30.6. The Morgan fingerprint density at radius 1 is 1.03 bits per heavy atom. The molecule has 0 saturated heterocycles. The number of nitrogens with two attached hydrogens (primary N) is 1. The maximum absolute atomic E-state index is 12.2. The van der Waals surface area contributed by atoms with Crippen LogP contribution >= 0.6 is 0 Å². The lowest BCUT2D eigenvalue weighted by atomic mass is 10.0. The molecule has 0 heterocycles. The number of unbranched alkanes of at least 4 members (excludes halogenated alkanes) is 7. The van der Waals surface area contributed by atoms with Crippen LogP contribution in [0.25, 0.3) is 0 Å². The fourth-order valence-corrected chi connectivity index (χ4v) is 3.40. The fraction of sp³-hybridized carbons (Fsp3) is 0.840. The molecule has 2 atom stereocenters. The van der Waals surface area contributed by atoms with Crippen LogP contribution in [-0.4, -0.2) is 74.5 Å². The van der Waals surface area contributed by atoms with Gasteiger partial charge >= 0.3 is 5.97 Å². The quantitative estimate of drug-likeness (QED) is 0.113. The zero-order valence-electron chi connectivity index (χ0n) is 21.1. The summed E-state index contributed by atoms with van der Waals surface area (Å²) in [6.07, 6.45) is 14.3. The van der Waals surface area contributed by atoms with Crippen LogP contribution < -0.4 is 11.1 Å². The van der Waals surface area contributed by atoms with Crippen molar-refractivity contribution in [2.75, 3.05) is 40.8 Å². The predicted molar refractivity (Wildman–Crippen MR) is 131 cm³/mol. The minimum absolute atomic E-state index is 0.0908. The molecule has 7 heteroatoms. The third kappa shape index (κ3) is 19.3. The van der Waals surface area contributed by atoms with Gasteiger partial charge in [-0.05, 0) is 38.5 Å². The molecule has 1 amide bonds. The third-order valence-electron chi connectivity index (χ3n) is 5.19. The zero-order chi connectivity index (χ0) is 24.2. The second kappa shape index (κ2) is 19.1. The summed E-state index contributed by atoms with van der Waals surface area (Å²) >= 11 is 0. The van der Waals surface area contributed by atoms with Gasteiger partial charge in [0.05, 0.1) is 27.2 Å². The summed E-state index contributed by atoms with van der Waals surface area (Å²) in [5.41, 5.74) is 5.36. The van der Waals surface area contributed by atoms with Gasteiger partial charge in [0.25, 0.3) is 0 Å². The molecule has 7 nitrogen and oxygen atoms in total. The molecule has 32 heavy (non-hydrogen) atoms. The summed E-state index contributed by atoms with van der Waals surface area (Å²) in [5.74, 6) is -0.160. The number of quaternary nitrogens is 1. The topological polar surface area (TPSA) is 102 Å². The molecule has 188 valence electrons. The summed E-state index contributed by atoms with van der Waals surface area (Å²) in [4.78, 5) is 23.7. The van der Waals surface area contributed by atoms with Crippen molar-refractivity contribution >= 4 is 11.9 Å². The van der Waals surface area contributed by atoms with Crippen molar-refractivity contribution in [3.8, 4) is 0 Å². The summed E-state index contributed by atoms with van der Waals surface area (Å²) in [6, 6.07) is 0. The molecule has 0 aliphatic heterocycles. The molecule has 0 aromatic rings. The maximum atomic E-state index is 12.2. The highest BCUT2D eigenvalue weighted by Crippen LogP contribution is 2.15. The first-order chi connectivity index (χ1) is 15.2. The highest BCUT2D eigenvalue weighted by atomic mass is 16.6. The molecule has 0 aliphatic rings. The van der Waals surface area contributed by atoms with E-state index < -0.39 is 12.2 Å². The number of carbonyl (C=O) groups excluding carboxylic acids is 2. The number of esters is 1. The Morgan fingerprint density at radius 3 is 2.38 bits per heavy atom. The van der Waals surface area contributed by atoms with E-state index in [1.807, 2.05) is 27.2 Å². The first-order valence-corrected chi connectivity index (χ1v) is 12.5. The fourth-order valence-electron chi connectivity index (χ4n) is 3.40. The second-order valence-corrected chi connectivity index (χ2v) is 9.69.